The van der Waals surface area contributed by atoms with E-state index in [0.717, 1.165) is 42.2 Å². The molecule has 2 aromatic carbocycles. The van der Waals surface area contributed by atoms with Crippen LogP contribution in [0.3, 0.4) is 0 Å². The van der Waals surface area contributed by atoms with Gasteiger partial charge in [0.2, 0.25) is 15.9 Å². The summed E-state index contributed by atoms with van der Waals surface area (Å²) in [5.41, 5.74) is 3.33. The predicted octanol–water partition coefficient (Wildman–Crippen LogP) is 3.65. The molecule has 7 heteroatoms. The maximum atomic E-state index is 13.1. The normalized spacial score (nSPS) is 24.3. The maximum Gasteiger partial charge on any atom is 0.226 e. The second-order valence-corrected chi connectivity index (χ2v) is 10.3. The Morgan fingerprint density at radius 2 is 1.93 bits per heavy atom. The Hall–Kier alpha value is -1.89. The average molecular weight is 433 g/mol. The highest BCUT2D eigenvalue weighted by Gasteiger charge is 2.47. The van der Waals surface area contributed by atoms with Crippen LogP contribution in [0.4, 0.5) is 0 Å². The standard InChI is InChI=1S/C22H25ClN2O3S/c1-29(27,28)24-17-8-5-11-25(14-17)22(26)21-13-20(21)18-10-9-16(23)12-19(18)15-6-3-2-4-7-15/h2-4,6-7,9-10,12,17,20-21,24H,5,8,11,13-14H2,1H3/t17-,20+,21-/m1/s1. The molecule has 1 heterocycles. The Morgan fingerprint density at radius 1 is 1.17 bits per heavy atom. The summed E-state index contributed by atoms with van der Waals surface area (Å²) in [6.45, 7) is 1.14. The lowest BCUT2D eigenvalue weighted by molar-refractivity contribution is -0.133. The van der Waals surface area contributed by atoms with E-state index in [1.807, 2.05) is 41.3 Å². The first-order valence-corrected chi connectivity index (χ1v) is 12.2. The quantitative estimate of drug-likeness (QED) is 0.784. The molecule has 1 saturated heterocycles. The fourth-order valence-electron chi connectivity index (χ4n) is 4.34. The lowest BCUT2D eigenvalue weighted by Crippen LogP contribution is -2.49. The van der Waals surface area contributed by atoms with E-state index in [1.165, 1.54) is 0 Å². The van der Waals surface area contributed by atoms with E-state index in [2.05, 4.69) is 16.9 Å². The topological polar surface area (TPSA) is 66.5 Å². The van der Waals surface area contributed by atoms with Gasteiger partial charge in [0.1, 0.15) is 0 Å². The van der Waals surface area contributed by atoms with E-state index in [-0.39, 0.29) is 23.8 Å². The molecule has 1 N–H and O–H groups in total. The summed E-state index contributed by atoms with van der Waals surface area (Å²) in [5.74, 6) is 0.262. The van der Waals surface area contributed by atoms with Crippen molar-refractivity contribution < 1.29 is 13.2 Å². The number of carbonyl (C=O) groups excluding carboxylic acids is 1. The van der Waals surface area contributed by atoms with Gasteiger partial charge in [0.25, 0.3) is 0 Å². The highest BCUT2D eigenvalue weighted by atomic mass is 35.5. The summed E-state index contributed by atoms with van der Waals surface area (Å²) in [6, 6.07) is 15.8. The van der Waals surface area contributed by atoms with Gasteiger partial charge in [-0.2, -0.15) is 0 Å². The summed E-state index contributed by atoms with van der Waals surface area (Å²) in [6.07, 6.45) is 3.56. The van der Waals surface area contributed by atoms with Crippen LogP contribution in [0, 0.1) is 5.92 Å². The van der Waals surface area contributed by atoms with Crippen LogP contribution in [0.1, 0.15) is 30.7 Å². The highest BCUT2D eigenvalue weighted by Crippen LogP contribution is 2.51. The number of nitrogens with zero attached hydrogens (tertiary/aromatic N) is 1. The monoisotopic (exact) mass is 432 g/mol. The van der Waals surface area contributed by atoms with Crippen molar-refractivity contribution in [1.82, 2.24) is 9.62 Å². The lowest BCUT2D eigenvalue weighted by Gasteiger charge is -2.33. The number of rotatable bonds is 5. The second-order valence-electron chi connectivity index (χ2n) is 8.06. The zero-order valence-electron chi connectivity index (χ0n) is 16.3. The summed E-state index contributed by atoms with van der Waals surface area (Å²) in [5, 5.41) is 0.682. The van der Waals surface area contributed by atoms with Gasteiger partial charge in [0.15, 0.2) is 0 Å². The fraction of sp³-hybridized carbons (Fsp3) is 0.409. The van der Waals surface area contributed by atoms with E-state index in [9.17, 15) is 13.2 Å². The van der Waals surface area contributed by atoms with E-state index < -0.39 is 10.0 Å². The molecule has 4 rings (SSSR count). The molecule has 5 nitrogen and oxygen atoms in total. The van der Waals surface area contributed by atoms with Gasteiger partial charge in [-0.15, -0.1) is 0 Å². The first kappa shape index (κ1) is 20.4. The Morgan fingerprint density at radius 3 is 2.66 bits per heavy atom. The van der Waals surface area contributed by atoms with Gasteiger partial charge in [-0.25, -0.2) is 13.1 Å². The number of halogens is 1. The van der Waals surface area contributed by atoms with Gasteiger partial charge >= 0.3 is 0 Å². The summed E-state index contributed by atoms with van der Waals surface area (Å²) >= 11 is 6.25. The Bertz CT molecular complexity index is 1010. The molecule has 154 valence electrons. The van der Waals surface area contributed by atoms with Gasteiger partial charge in [-0.1, -0.05) is 48.0 Å². The predicted molar refractivity (Wildman–Crippen MR) is 115 cm³/mol. The van der Waals surface area contributed by atoms with Gasteiger partial charge in [-0.3, -0.25) is 4.79 Å². The number of carbonyl (C=O) groups is 1. The van der Waals surface area contributed by atoms with Crippen molar-refractivity contribution in [2.45, 2.75) is 31.2 Å². The average Bonchev–Trinajstić information content (AvgIpc) is 3.47. The molecule has 2 aromatic rings. The number of amides is 1. The first-order chi connectivity index (χ1) is 13.8. The third-order valence-electron chi connectivity index (χ3n) is 5.72. The zero-order chi connectivity index (χ0) is 20.6. The number of sulfonamides is 1. The number of nitrogens with one attached hydrogen (secondary N) is 1. The number of benzene rings is 2. The molecular formula is C22H25ClN2O3S. The van der Waals surface area contributed by atoms with Crippen molar-refractivity contribution >= 4 is 27.5 Å². The molecule has 0 unspecified atom stereocenters. The molecule has 0 bridgehead atoms. The van der Waals surface area contributed by atoms with Gasteiger partial charge in [-0.05, 0) is 54.0 Å². The number of hydrogen-bond donors (Lipinski definition) is 1. The summed E-state index contributed by atoms with van der Waals surface area (Å²) < 4.78 is 25.7. The molecule has 3 atom stereocenters. The van der Waals surface area contributed by atoms with Gasteiger partial charge in [0, 0.05) is 30.1 Å². The zero-order valence-corrected chi connectivity index (χ0v) is 17.9. The second kappa shape index (κ2) is 8.09. The molecule has 29 heavy (non-hydrogen) atoms. The van der Waals surface area contributed by atoms with Crippen molar-refractivity contribution in [2.24, 2.45) is 5.92 Å². The minimum atomic E-state index is -3.27. The van der Waals surface area contributed by atoms with E-state index in [1.54, 1.807) is 0 Å². The van der Waals surface area contributed by atoms with Crippen LogP contribution in [0.5, 0.6) is 0 Å². The fourth-order valence-corrected chi connectivity index (χ4v) is 5.31. The number of hydrogen-bond acceptors (Lipinski definition) is 3. The van der Waals surface area contributed by atoms with Crippen molar-refractivity contribution in [3.05, 3.63) is 59.1 Å². The molecule has 0 spiro atoms. The van der Waals surface area contributed by atoms with Gasteiger partial charge in [0.05, 0.1) is 6.26 Å². The Kier molecular flexibility index (Phi) is 5.69. The van der Waals surface area contributed by atoms with Crippen molar-refractivity contribution in [1.29, 1.82) is 0 Å². The molecule has 2 fully saturated rings. The molecule has 0 aromatic heterocycles. The molecular weight excluding hydrogens is 408 g/mol. The van der Waals surface area contributed by atoms with Gasteiger partial charge < -0.3 is 4.90 Å². The minimum Gasteiger partial charge on any atom is -0.341 e. The molecule has 2 aliphatic rings. The van der Waals surface area contributed by atoms with Crippen molar-refractivity contribution in [3.63, 3.8) is 0 Å². The largest absolute Gasteiger partial charge is 0.341 e. The highest BCUT2D eigenvalue weighted by molar-refractivity contribution is 7.88. The first-order valence-electron chi connectivity index (χ1n) is 9.93. The Balaban J connectivity index is 1.50. The lowest BCUT2D eigenvalue weighted by atomic mass is 9.95. The van der Waals surface area contributed by atoms with Crippen LogP contribution < -0.4 is 4.72 Å². The molecule has 1 aliphatic carbocycles. The van der Waals surface area contributed by atoms with Crippen LogP contribution in [0.2, 0.25) is 5.02 Å². The van der Waals surface area contributed by atoms with Crippen LogP contribution in [-0.4, -0.2) is 44.6 Å². The van der Waals surface area contributed by atoms with Crippen molar-refractivity contribution in [3.8, 4) is 11.1 Å². The van der Waals surface area contributed by atoms with E-state index in [4.69, 9.17) is 11.6 Å². The van der Waals surface area contributed by atoms with Crippen LogP contribution in [0.15, 0.2) is 48.5 Å². The van der Waals surface area contributed by atoms with Crippen molar-refractivity contribution in [2.75, 3.05) is 19.3 Å². The van der Waals surface area contributed by atoms with Crippen LogP contribution in [0.25, 0.3) is 11.1 Å². The van der Waals surface area contributed by atoms with E-state index in [0.29, 0.717) is 18.1 Å². The third kappa shape index (κ3) is 4.82. The third-order valence-corrected chi connectivity index (χ3v) is 6.72. The van der Waals surface area contributed by atoms with Crippen LogP contribution in [-0.2, 0) is 14.8 Å². The Labute approximate surface area is 177 Å². The molecule has 1 saturated carbocycles. The summed E-state index contributed by atoms with van der Waals surface area (Å²) in [4.78, 5) is 14.9. The molecule has 1 amide bonds. The van der Waals surface area contributed by atoms with E-state index >= 15 is 0 Å². The molecule has 0 radical (unpaired) electrons. The smallest absolute Gasteiger partial charge is 0.226 e. The number of likely N-dealkylation sites (tertiary alicyclic amines) is 1. The maximum absolute atomic E-state index is 13.1. The SMILES string of the molecule is CS(=O)(=O)N[C@@H]1CCCN(C(=O)[C@@H]2C[C@H]2c2ccc(Cl)cc2-c2ccccc2)C1. The molecule has 1 aliphatic heterocycles. The minimum absolute atomic E-state index is 0.0457. The summed E-state index contributed by atoms with van der Waals surface area (Å²) in [7, 11) is -3.27. The number of piperidine rings is 1. The van der Waals surface area contributed by atoms with Crippen LogP contribution >= 0.6 is 11.6 Å².